The number of hydrogen-bond acceptors (Lipinski definition) is 4. The van der Waals surface area contributed by atoms with Crippen molar-refractivity contribution in [3.8, 4) is 0 Å². The van der Waals surface area contributed by atoms with E-state index in [0.717, 1.165) is 13.1 Å². The number of rotatable bonds is 2. The summed E-state index contributed by atoms with van der Waals surface area (Å²) in [6, 6.07) is 0. The third-order valence-electron chi connectivity index (χ3n) is 1.02. The maximum atomic E-state index is 10.3. The van der Waals surface area contributed by atoms with Crippen molar-refractivity contribution >= 4 is 58.7 Å². The van der Waals surface area contributed by atoms with E-state index in [9.17, 15) is 5.11 Å². The molecule has 0 saturated carbocycles. The molecule has 0 fully saturated rings. The monoisotopic (exact) mass is 328 g/mol. The second-order valence-electron chi connectivity index (χ2n) is 1.76. The molecule has 0 heterocycles. The predicted molar refractivity (Wildman–Crippen MR) is 58.1 cm³/mol. The Balaban J connectivity index is -0.000000173. The van der Waals surface area contributed by atoms with E-state index in [-0.39, 0.29) is 29.1 Å². The van der Waals surface area contributed by atoms with Crippen molar-refractivity contribution in [1.29, 1.82) is 0 Å². The molecule has 0 amide bonds. The number of nitrogens with two attached hydrogens (primary N) is 1. The third-order valence-corrected chi connectivity index (χ3v) is 1.28. The first-order chi connectivity index (χ1) is 5.45. The molecular weight excluding hydrogens is 315 g/mol. The van der Waals surface area contributed by atoms with Crippen LogP contribution in [0.25, 0.3) is 0 Å². The smallest absolute Gasteiger partial charge is 0.852 e. The van der Waals surface area contributed by atoms with Gasteiger partial charge < -0.3 is 20.8 Å². The van der Waals surface area contributed by atoms with Gasteiger partial charge in [-0.2, -0.15) is 0 Å². The molecule has 0 aromatic rings. The first-order valence-electron chi connectivity index (χ1n) is 3.38. The molecule has 0 aliphatic heterocycles. The van der Waals surface area contributed by atoms with Gasteiger partial charge in [-0.1, -0.05) is 24.4 Å². The van der Waals surface area contributed by atoms with Gasteiger partial charge in [-0.15, -0.1) is 0 Å². The van der Waals surface area contributed by atoms with Gasteiger partial charge in [0.25, 0.3) is 0 Å². The molecule has 74 valence electrons. The maximum Gasteiger partial charge on any atom is 2.00 e. The summed E-state index contributed by atoms with van der Waals surface area (Å²) in [5.74, 6) is 0. The molecule has 0 unspecified atom stereocenters. The summed E-state index contributed by atoms with van der Waals surface area (Å²) in [4.78, 5) is 1.59. The molecule has 0 spiro atoms. The summed E-state index contributed by atoms with van der Waals surface area (Å²) in [5.41, 5.74) is 4.29. The predicted octanol–water partition coefficient (Wildman–Crippen LogP) is -1.82. The Morgan fingerprint density at radius 2 is 1.46 bits per heavy atom. The van der Waals surface area contributed by atoms with Crippen molar-refractivity contribution in [1.82, 2.24) is 4.90 Å². The second-order valence-corrected chi connectivity index (χ2v) is 2.51. The van der Waals surface area contributed by atoms with Crippen molar-refractivity contribution in [2.45, 2.75) is 13.8 Å². The first kappa shape index (κ1) is 18.9. The molecule has 13 heavy (non-hydrogen) atoms. The summed E-state index contributed by atoms with van der Waals surface area (Å²) >= 11 is 8.14. The Labute approximate surface area is 106 Å². The molecule has 0 aliphatic carbocycles. The minimum Gasteiger partial charge on any atom is -0.852 e. The van der Waals surface area contributed by atoms with Crippen LogP contribution in [0.2, 0.25) is 0 Å². The summed E-state index contributed by atoms with van der Waals surface area (Å²) in [6.45, 7) is 5.26. The molecule has 7 heteroatoms. The second kappa shape index (κ2) is 12.2. The molecule has 2 radical (unpaired) electrons. The molecule has 0 bridgehead atoms. The average molecular weight is 327 g/mol. The fraction of sp³-hybridized carbons (Fsp3) is 0.667. The van der Waals surface area contributed by atoms with Gasteiger partial charge in [-0.25, -0.2) is 0 Å². The number of thiocarbonyl (C=S) groups is 2. The third kappa shape index (κ3) is 18.9. The Kier molecular flexibility index (Phi) is 17.7. The Hall–Kier alpha value is 0.179. The van der Waals surface area contributed by atoms with Crippen LogP contribution in [0.1, 0.15) is 13.8 Å². The number of hydrogen-bond donors (Lipinski definition) is 1. The number of nitrogens with zero attached hydrogens (tertiary/aromatic N) is 1. The molecular formula is C6H12N2O2S2Sn. The average Bonchev–Trinajstić information content (AvgIpc) is 1.87. The van der Waals surface area contributed by atoms with Crippen LogP contribution in [0, 0.1) is 0 Å². The van der Waals surface area contributed by atoms with Crippen molar-refractivity contribution < 1.29 is 10.2 Å². The molecule has 2 N–H and O–H groups in total. The van der Waals surface area contributed by atoms with Crippen LogP contribution in [0.4, 0.5) is 0 Å². The van der Waals surface area contributed by atoms with Crippen LogP contribution in [0.3, 0.4) is 0 Å². The largest absolute Gasteiger partial charge is 2.00 e. The molecule has 0 aromatic carbocycles. The zero-order valence-electron chi connectivity index (χ0n) is 7.57. The normalized spacial score (nSPS) is 7.23. The fourth-order valence-corrected chi connectivity index (χ4v) is 0.740. The molecule has 0 aromatic heterocycles. The van der Waals surface area contributed by atoms with E-state index >= 15 is 0 Å². The Bertz CT molecular complexity index is 150. The van der Waals surface area contributed by atoms with Gasteiger partial charge in [0.05, 0.1) is 0 Å². The van der Waals surface area contributed by atoms with Crippen LogP contribution >= 0.6 is 24.4 Å². The van der Waals surface area contributed by atoms with E-state index in [4.69, 9.17) is 5.11 Å². The van der Waals surface area contributed by atoms with Gasteiger partial charge >= 0.3 is 23.9 Å². The van der Waals surface area contributed by atoms with E-state index in [1.54, 1.807) is 4.90 Å². The molecule has 4 nitrogen and oxygen atoms in total. The van der Waals surface area contributed by atoms with E-state index < -0.39 is 5.17 Å². The van der Waals surface area contributed by atoms with E-state index in [1.807, 2.05) is 13.8 Å². The topological polar surface area (TPSA) is 75.4 Å². The SMILES string of the molecule is CCN(CC)C([O-])=S.NC([O-])=S.[Sn+2]. The van der Waals surface area contributed by atoms with Crippen LogP contribution in [0.15, 0.2) is 0 Å². The maximum absolute atomic E-state index is 10.3. The van der Waals surface area contributed by atoms with Crippen LogP contribution in [-0.4, -0.2) is 52.2 Å². The van der Waals surface area contributed by atoms with Crippen LogP contribution < -0.4 is 15.9 Å². The first-order valence-corrected chi connectivity index (χ1v) is 4.19. The minimum absolute atomic E-state index is 0. The van der Waals surface area contributed by atoms with Crippen molar-refractivity contribution in [2.75, 3.05) is 13.1 Å². The zero-order valence-corrected chi connectivity index (χ0v) is 12.1. The fourth-order valence-electron chi connectivity index (χ4n) is 0.482. The van der Waals surface area contributed by atoms with Gasteiger partial charge in [-0.05, 0) is 13.8 Å². The van der Waals surface area contributed by atoms with Gasteiger partial charge in [0.15, 0.2) is 0 Å². The summed E-state index contributed by atoms with van der Waals surface area (Å²) in [6.07, 6.45) is 0. The molecule has 0 aliphatic rings. The zero-order chi connectivity index (χ0) is 10.1. The molecule has 0 atom stereocenters. The Morgan fingerprint density at radius 1 is 1.23 bits per heavy atom. The summed E-state index contributed by atoms with van der Waals surface area (Å²) in [7, 11) is 0. The van der Waals surface area contributed by atoms with Crippen molar-refractivity contribution in [3.05, 3.63) is 0 Å². The quantitative estimate of drug-likeness (QED) is 0.476. The van der Waals surface area contributed by atoms with Crippen molar-refractivity contribution in [2.24, 2.45) is 5.73 Å². The van der Waals surface area contributed by atoms with Crippen LogP contribution in [-0.2, 0) is 0 Å². The van der Waals surface area contributed by atoms with Crippen LogP contribution in [0.5, 0.6) is 0 Å². The standard InChI is InChI=1S/C5H11NOS.CH3NOS.Sn/c1-3-6(4-2)5(7)8;2-1(3)4;/h3-4H2,1-2H3,(H,7,8);(H3,2,3,4);/q;;+2/p-2. The molecule has 0 saturated heterocycles. The van der Waals surface area contributed by atoms with Crippen molar-refractivity contribution in [3.63, 3.8) is 0 Å². The van der Waals surface area contributed by atoms with E-state index in [2.05, 4.69) is 30.2 Å². The summed E-state index contributed by atoms with van der Waals surface area (Å²) in [5, 5.41) is 18.4. The minimum atomic E-state index is -0.750. The van der Waals surface area contributed by atoms with Gasteiger partial charge in [0.1, 0.15) is 0 Å². The van der Waals surface area contributed by atoms with E-state index in [1.165, 1.54) is 0 Å². The molecule has 0 rings (SSSR count). The summed E-state index contributed by atoms with van der Waals surface area (Å²) < 4.78 is 0. The van der Waals surface area contributed by atoms with E-state index in [0.29, 0.717) is 0 Å². The van der Waals surface area contributed by atoms with Gasteiger partial charge in [-0.3, -0.25) is 0 Å². The van der Waals surface area contributed by atoms with Gasteiger partial charge in [0.2, 0.25) is 0 Å². The van der Waals surface area contributed by atoms with Gasteiger partial charge in [0, 0.05) is 23.4 Å². The Morgan fingerprint density at radius 3 is 1.46 bits per heavy atom.